The van der Waals surface area contributed by atoms with Crippen LogP contribution in [0, 0.1) is 29.6 Å². The van der Waals surface area contributed by atoms with Gasteiger partial charge >= 0.3 is 6.09 Å². The number of nitrogens with zero attached hydrogens (tertiary/aromatic N) is 4. The van der Waals surface area contributed by atoms with E-state index >= 15 is 0 Å². The summed E-state index contributed by atoms with van der Waals surface area (Å²) in [5.74, 6) is -6.06. The largest absolute Gasteiger partial charge is 0.445 e. The van der Waals surface area contributed by atoms with E-state index in [-0.39, 0.29) is 61.5 Å². The molecular formula is C73H113N9O19. The lowest BCUT2D eigenvalue weighted by Crippen LogP contribution is -2.60. The van der Waals surface area contributed by atoms with Gasteiger partial charge in [-0.1, -0.05) is 131 Å². The van der Waals surface area contributed by atoms with Crippen molar-refractivity contribution in [2.75, 3.05) is 53.3 Å². The minimum atomic E-state index is -1.69. The predicted octanol–water partition coefficient (Wildman–Crippen LogP) is 4.25. The molecule has 3 aliphatic rings. The molecule has 0 saturated carbocycles. The molecule has 9 N–H and O–H groups in total. The van der Waals surface area contributed by atoms with Gasteiger partial charge < -0.3 is 80.5 Å². The van der Waals surface area contributed by atoms with Crippen LogP contribution in [0.4, 0.5) is 10.5 Å². The van der Waals surface area contributed by atoms with Gasteiger partial charge in [0, 0.05) is 65.7 Å². The van der Waals surface area contributed by atoms with E-state index in [0.717, 1.165) is 4.90 Å². The molecule has 3 aliphatic heterocycles. The summed E-state index contributed by atoms with van der Waals surface area (Å²) >= 11 is 0. The number of aliphatic hydroxyl groups is 4. The summed E-state index contributed by atoms with van der Waals surface area (Å²) in [7, 11) is 6.01. The van der Waals surface area contributed by atoms with Gasteiger partial charge in [-0.3, -0.25) is 53.0 Å². The van der Waals surface area contributed by atoms with Crippen LogP contribution in [0.15, 0.2) is 66.7 Å². The highest BCUT2D eigenvalue weighted by Gasteiger charge is 2.47. The molecule has 0 aliphatic carbocycles. The quantitative estimate of drug-likeness (QED) is 0.0333. The van der Waals surface area contributed by atoms with E-state index in [1.807, 2.05) is 20.8 Å². The molecule has 28 nitrogen and oxygen atoms in total. The molecule has 0 radical (unpaired) electrons. The number of methoxy groups -OCH3 is 2. The van der Waals surface area contributed by atoms with E-state index in [2.05, 4.69) is 26.6 Å². The van der Waals surface area contributed by atoms with Crippen LogP contribution in [-0.2, 0) is 73.4 Å². The minimum absolute atomic E-state index is 0.128. The maximum absolute atomic E-state index is 14.9. The van der Waals surface area contributed by atoms with Crippen LogP contribution in [-0.4, -0.2) is 233 Å². The van der Waals surface area contributed by atoms with Gasteiger partial charge in [-0.05, 0) is 86.0 Å². The number of likely N-dealkylation sites (N-methyl/N-ethyl adjacent to an activating group) is 2. The van der Waals surface area contributed by atoms with Crippen LogP contribution in [0.5, 0.6) is 0 Å². The summed E-state index contributed by atoms with van der Waals surface area (Å²) in [6.45, 7) is 19.6. The second-order valence-corrected chi connectivity index (χ2v) is 27.9. The molecule has 564 valence electrons. The molecule has 2 saturated heterocycles. The van der Waals surface area contributed by atoms with Crippen molar-refractivity contribution < 1.29 is 92.1 Å². The van der Waals surface area contributed by atoms with E-state index in [4.69, 9.17) is 23.7 Å². The van der Waals surface area contributed by atoms with Gasteiger partial charge in [-0.25, -0.2) is 4.79 Å². The fourth-order valence-electron chi connectivity index (χ4n) is 13.3. The molecule has 0 bridgehead atoms. The van der Waals surface area contributed by atoms with Gasteiger partial charge in [-0.15, -0.1) is 0 Å². The standard InChI is InChI=1S/C73H113N9O19/c1-16-25-50(76-69(93)58(41(3)4)77-54(84)29-22-19-23-36-82-55(85)34-35-56(82)86)68(92)75-49-32-30-47(31-33-49)40-99-73(96)80(13)60(43(7)8)70(94)78-59(42(5)6)71(95)79(12)61(44(9)17-2)52(97-14)38-57(87)81-37-24-28-51(81)65(98-15)45(10)67(91)74-46(11)66(48-26-20-18-21-27-48)101-72-64(90)63(89)62(88)53(39-83)100-72/h18,20-21,26-27,30-35,41-46,50-53,58-66,72,83,88-90H,16-17,19,22-25,28-29,36-40H2,1-15H3,(H,74,91)(H,75,92)(H,76,93)(H,77,84)(H,78,94). The molecular weight excluding hydrogens is 1310 g/mol. The molecule has 2 fully saturated rings. The molecule has 0 spiro atoms. The number of hydrogen-bond acceptors (Lipinski definition) is 19. The van der Waals surface area contributed by atoms with Crippen molar-refractivity contribution >= 4 is 64.9 Å². The lowest BCUT2D eigenvalue weighted by Gasteiger charge is -2.42. The van der Waals surface area contributed by atoms with Crippen molar-refractivity contribution in [2.45, 2.75) is 238 Å². The fraction of sp³-hybridized carbons (Fsp3) is 0.671. The van der Waals surface area contributed by atoms with Gasteiger partial charge in [0.1, 0.15) is 61.3 Å². The van der Waals surface area contributed by atoms with Crippen molar-refractivity contribution in [3.05, 3.63) is 77.9 Å². The number of likely N-dealkylation sites (tertiary alicyclic amines) is 1. The number of aliphatic hydroxyl groups excluding tert-OH is 4. The maximum atomic E-state index is 14.9. The van der Waals surface area contributed by atoms with E-state index in [0.29, 0.717) is 74.7 Å². The summed E-state index contributed by atoms with van der Waals surface area (Å²) in [5, 5.41) is 56.0. The maximum Gasteiger partial charge on any atom is 0.410 e. The summed E-state index contributed by atoms with van der Waals surface area (Å²) in [5.41, 5.74) is 1.55. The van der Waals surface area contributed by atoms with Crippen molar-refractivity contribution in [1.29, 1.82) is 0 Å². The van der Waals surface area contributed by atoms with Gasteiger partial charge in [-0.2, -0.15) is 0 Å². The third-order valence-corrected chi connectivity index (χ3v) is 19.4. The average molecular weight is 1420 g/mol. The Morgan fingerprint density at radius 3 is 1.92 bits per heavy atom. The molecule has 2 aromatic carbocycles. The third-order valence-electron chi connectivity index (χ3n) is 19.4. The number of hydrogen-bond donors (Lipinski definition) is 9. The molecule has 17 atom stereocenters. The van der Waals surface area contributed by atoms with Crippen LogP contribution >= 0.6 is 0 Å². The summed E-state index contributed by atoms with van der Waals surface area (Å²) in [4.78, 5) is 142. The number of unbranched alkanes of at least 4 members (excludes halogenated alkanes) is 2. The Bertz CT molecular complexity index is 3060. The average Bonchev–Trinajstić information content (AvgIpc) is 1.46. The Kier molecular flexibility index (Phi) is 33.7. The molecule has 2 aromatic rings. The Balaban J connectivity index is 1.17. The molecule has 101 heavy (non-hydrogen) atoms. The number of amides is 10. The highest BCUT2D eigenvalue weighted by Crippen LogP contribution is 2.33. The minimum Gasteiger partial charge on any atom is -0.445 e. The molecule has 17 unspecified atom stereocenters. The van der Waals surface area contributed by atoms with E-state index in [1.54, 1.807) is 122 Å². The van der Waals surface area contributed by atoms with Gasteiger partial charge in [0.25, 0.3) is 11.8 Å². The smallest absolute Gasteiger partial charge is 0.410 e. The first-order valence-corrected chi connectivity index (χ1v) is 35.5. The number of benzene rings is 2. The number of carbonyl (C=O) groups excluding carboxylic acids is 10. The van der Waals surface area contributed by atoms with Crippen LogP contribution < -0.4 is 26.6 Å². The molecule has 10 amide bonds. The first-order chi connectivity index (χ1) is 47.8. The zero-order valence-corrected chi connectivity index (χ0v) is 61.5. The number of anilines is 1. The topological polar surface area (TPSA) is 371 Å². The monoisotopic (exact) mass is 1420 g/mol. The number of ether oxygens (including phenoxy) is 5. The summed E-state index contributed by atoms with van der Waals surface area (Å²) in [6, 6.07) is 9.35. The fourth-order valence-corrected chi connectivity index (χ4v) is 13.3. The summed E-state index contributed by atoms with van der Waals surface area (Å²) < 4.78 is 29.8. The molecule has 5 rings (SSSR count). The number of nitrogens with one attached hydrogen (secondary N) is 5. The SMILES string of the molecule is CCCC(NC(=O)C(NC(=O)CCCCCN1C(=O)C=CC1=O)C(C)C)C(=O)Nc1ccc(COC(=O)N(C)C(C(=O)NC(C(=O)N(C)C(C(C)CC)C(CC(=O)N2CCCC2C(OC)C(C)C(=O)NC(C)C(OC2OC(CO)C(O)C(O)C2O)c2ccccc2)OC)C(C)C)C(C)C)cc1. The molecule has 0 aromatic heterocycles. The van der Waals surface area contributed by atoms with Gasteiger partial charge in [0.2, 0.25) is 41.4 Å². The van der Waals surface area contributed by atoms with E-state index in [9.17, 15) is 68.4 Å². The second-order valence-electron chi connectivity index (χ2n) is 27.9. The van der Waals surface area contributed by atoms with Gasteiger partial charge in [0.15, 0.2) is 6.29 Å². The highest BCUT2D eigenvalue weighted by atomic mass is 16.7. The van der Waals surface area contributed by atoms with Crippen molar-refractivity contribution in [2.24, 2.45) is 29.6 Å². The zero-order valence-electron chi connectivity index (χ0n) is 61.5. The normalized spacial score (nSPS) is 21.7. The first-order valence-electron chi connectivity index (χ1n) is 35.5. The third kappa shape index (κ3) is 23.0. The first kappa shape index (κ1) is 84.2. The summed E-state index contributed by atoms with van der Waals surface area (Å²) in [6.07, 6.45) is -4.46. The number of rotatable bonds is 39. The lowest BCUT2D eigenvalue weighted by atomic mass is 9.89. The van der Waals surface area contributed by atoms with E-state index < -0.39 is 151 Å². The Hall–Kier alpha value is -7.44. The van der Waals surface area contributed by atoms with Crippen molar-refractivity contribution in [3.63, 3.8) is 0 Å². The van der Waals surface area contributed by atoms with Crippen LogP contribution in [0.3, 0.4) is 0 Å². The second kappa shape index (κ2) is 40.4. The molecule has 3 heterocycles. The number of imide groups is 1. The number of carbonyl (C=O) groups is 10. The lowest BCUT2D eigenvalue weighted by molar-refractivity contribution is -0.314. The van der Waals surface area contributed by atoms with Crippen LogP contribution in [0.25, 0.3) is 0 Å². The van der Waals surface area contributed by atoms with E-state index in [1.165, 1.54) is 43.2 Å². The Morgan fingerprint density at radius 2 is 1.35 bits per heavy atom. The van der Waals surface area contributed by atoms with Crippen molar-refractivity contribution in [1.82, 2.24) is 40.9 Å². The van der Waals surface area contributed by atoms with Crippen molar-refractivity contribution in [3.8, 4) is 0 Å². The highest BCUT2D eigenvalue weighted by molar-refractivity contribution is 6.12. The van der Waals surface area contributed by atoms with Gasteiger partial charge in [0.05, 0.1) is 49.3 Å². The Labute approximate surface area is 594 Å². The van der Waals surface area contributed by atoms with Crippen LogP contribution in [0.2, 0.25) is 0 Å². The Morgan fingerprint density at radius 1 is 0.703 bits per heavy atom. The zero-order chi connectivity index (χ0) is 75.1. The molecule has 28 heteroatoms. The van der Waals surface area contributed by atoms with Crippen LogP contribution in [0.1, 0.15) is 158 Å². The predicted molar refractivity (Wildman–Crippen MR) is 374 cm³/mol.